The van der Waals surface area contributed by atoms with Crippen molar-refractivity contribution in [2.75, 3.05) is 32.2 Å². The van der Waals surface area contributed by atoms with Crippen LogP contribution in [0.15, 0.2) is 36.7 Å². The lowest BCUT2D eigenvalue weighted by molar-refractivity contribution is -0.0560. The molecule has 0 saturated carbocycles. The molecule has 1 fully saturated rings. The number of benzene rings is 1. The number of rotatable bonds is 27. The summed E-state index contributed by atoms with van der Waals surface area (Å²) in [4.78, 5) is 14.5. The summed E-state index contributed by atoms with van der Waals surface area (Å²) < 4.78 is 56.9. The average molecular weight is 771 g/mol. The number of phosphoric acid groups is 1. The second-order valence-corrected chi connectivity index (χ2v) is 15.5. The average Bonchev–Trinajstić information content (AvgIpc) is 3.80. The Morgan fingerprint density at radius 2 is 1.70 bits per heavy atom. The van der Waals surface area contributed by atoms with Crippen LogP contribution in [0.1, 0.15) is 126 Å². The fourth-order valence-corrected chi connectivity index (χ4v) is 7.42. The van der Waals surface area contributed by atoms with Gasteiger partial charge in [-0.2, -0.15) is 15.6 Å². The van der Waals surface area contributed by atoms with Gasteiger partial charge >= 0.3 is 7.82 Å². The SMILES string of the molecule is CCCCCCCCCCCCCCCCOC[C@H](COP(=O)(O)OC[C@@H]1CC[C@](C#N)(c2ccc3c(N)ncnn23)O1)OCc1cc(F)cc(C#N)c1. The van der Waals surface area contributed by atoms with Crippen LogP contribution in [0.3, 0.4) is 0 Å². The number of fused-ring (bicyclic) bond motifs is 1. The van der Waals surface area contributed by atoms with Gasteiger partial charge in [0.2, 0.25) is 0 Å². The number of hydrogen-bond acceptors (Lipinski definition) is 11. The molecule has 1 unspecified atom stereocenters. The van der Waals surface area contributed by atoms with E-state index in [1.807, 2.05) is 6.07 Å². The lowest BCUT2D eigenvalue weighted by Gasteiger charge is -2.23. The van der Waals surface area contributed by atoms with E-state index in [0.717, 1.165) is 25.3 Å². The molecule has 1 aliphatic rings. The maximum Gasteiger partial charge on any atom is 0.472 e. The van der Waals surface area contributed by atoms with Crippen LogP contribution in [0.5, 0.6) is 0 Å². The third-order valence-corrected chi connectivity index (χ3v) is 10.6. The van der Waals surface area contributed by atoms with Gasteiger partial charge in [0, 0.05) is 6.61 Å². The van der Waals surface area contributed by atoms with Crippen LogP contribution in [0, 0.1) is 28.5 Å². The van der Waals surface area contributed by atoms with Crippen LogP contribution in [0.4, 0.5) is 10.2 Å². The zero-order chi connectivity index (χ0) is 38.7. The topological polar surface area (TPSA) is 187 Å². The van der Waals surface area contributed by atoms with Gasteiger partial charge in [-0.25, -0.2) is 18.5 Å². The van der Waals surface area contributed by atoms with Crippen molar-refractivity contribution >= 4 is 19.2 Å². The van der Waals surface area contributed by atoms with E-state index in [2.05, 4.69) is 23.1 Å². The number of nitrogens with two attached hydrogens (primary N) is 1. The summed E-state index contributed by atoms with van der Waals surface area (Å²) in [5, 5.41) is 23.5. The molecule has 4 atom stereocenters. The van der Waals surface area contributed by atoms with Crippen LogP contribution >= 0.6 is 7.82 Å². The van der Waals surface area contributed by atoms with Crippen molar-refractivity contribution < 1.29 is 37.1 Å². The molecular weight excluding hydrogens is 714 g/mol. The summed E-state index contributed by atoms with van der Waals surface area (Å²) in [5.41, 5.74) is 6.15. The highest BCUT2D eigenvalue weighted by molar-refractivity contribution is 7.47. The van der Waals surface area contributed by atoms with Gasteiger partial charge in [0.25, 0.3) is 0 Å². The number of aromatic nitrogens is 3. The molecule has 3 N–H and O–H groups in total. The predicted molar refractivity (Wildman–Crippen MR) is 201 cm³/mol. The van der Waals surface area contributed by atoms with E-state index in [1.54, 1.807) is 12.1 Å². The fourth-order valence-electron chi connectivity index (χ4n) is 6.63. The van der Waals surface area contributed by atoms with Crippen molar-refractivity contribution in [1.82, 2.24) is 14.6 Å². The Kier molecular flexibility index (Phi) is 18.3. The first-order chi connectivity index (χ1) is 26.2. The largest absolute Gasteiger partial charge is 0.472 e. The van der Waals surface area contributed by atoms with Crippen molar-refractivity contribution in [2.24, 2.45) is 0 Å². The Morgan fingerprint density at radius 1 is 1.02 bits per heavy atom. The lowest BCUT2D eigenvalue weighted by Crippen LogP contribution is -2.28. The zero-order valence-corrected chi connectivity index (χ0v) is 32.4. The molecule has 0 bridgehead atoms. The number of halogens is 1. The van der Waals surface area contributed by atoms with Crippen LogP contribution < -0.4 is 5.73 Å². The quantitative estimate of drug-likeness (QED) is 0.0557. The molecule has 54 heavy (non-hydrogen) atoms. The summed E-state index contributed by atoms with van der Waals surface area (Å²) in [6.07, 6.45) is 18.0. The van der Waals surface area contributed by atoms with E-state index >= 15 is 0 Å². The van der Waals surface area contributed by atoms with Crippen LogP contribution in [-0.2, 0) is 40.0 Å². The van der Waals surface area contributed by atoms with Crippen molar-refractivity contribution in [2.45, 2.75) is 134 Å². The molecule has 1 aromatic carbocycles. The van der Waals surface area contributed by atoms with Gasteiger partial charge in [0.05, 0.1) is 49.9 Å². The summed E-state index contributed by atoms with van der Waals surface area (Å²) in [6, 6.07) is 11.4. The molecule has 0 radical (unpaired) electrons. The van der Waals surface area contributed by atoms with Gasteiger partial charge < -0.3 is 24.8 Å². The van der Waals surface area contributed by atoms with E-state index in [1.165, 1.54) is 93.6 Å². The molecule has 15 heteroatoms. The number of ether oxygens (including phenoxy) is 3. The van der Waals surface area contributed by atoms with Gasteiger partial charge in [-0.3, -0.25) is 9.05 Å². The minimum Gasteiger partial charge on any atom is -0.382 e. The molecule has 4 rings (SSSR count). The third-order valence-electron chi connectivity index (χ3n) is 9.63. The molecule has 2 aromatic heterocycles. The van der Waals surface area contributed by atoms with E-state index < -0.39 is 31.4 Å². The second-order valence-electron chi connectivity index (χ2n) is 14.0. The number of nitriles is 2. The maximum absolute atomic E-state index is 14.0. The van der Waals surface area contributed by atoms with E-state index in [-0.39, 0.29) is 37.8 Å². The number of anilines is 1. The maximum atomic E-state index is 14.0. The Bertz CT molecular complexity index is 1710. The molecule has 3 aromatic rings. The molecule has 296 valence electrons. The smallest absolute Gasteiger partial charge is 0.382 e. The number of phosphoric ester groups is 1. The Hall–Kier alpha value is -3.46. The third kappa shape index (κ3) is 14.0. The van der Waals surface area contributed by atoms with Crippen LogP contribution in [0.25, 0.3) is 5.52 Å². The number of unbranched alkanes of at least 4 members (excludes halogenated alkanes) is 13. The molecule has 0 aliphatic carbocycles. The van der Waals surface area contributed by atoms with Gasteiger partial charge in [0.15, 0.2) is 11.4 Å². The lowest BCUT2D eigenvalue weighted by atomic mass is 9.98. The second kappa shape index (κ2) is 22.8. The normalized spacial score (nSPS) is 18.7. The van der Waals surface area contributed by atoms with E-state index in [9.17, 15) is 24.4 Å². The highest BCUT2D eigenvalue weighted by Gasteiger charge is 2.45. The molecule has 1 aliphatic heterocycles. The summed E-state index contributed by atoms with van der Waals surface area (Å²) >= 11 is 0. The fraction of sp³-hybridized carbons (Fsp3) is 0.641. The number of hydrogen-bond donors (Lipinski definition) is 2. The number of nitrogen functional groups attached to an aromatic ring is 1. The van der Waals surface area contributed by atoms with E-state index in [4.69, 9.17) is 29.0 Å². The Labute approximate surface area is 318 Å². The minimum atomic E-state index is -4.59. The van der Waals surface area contributed by atoms with Gasteiger partial charge in [-0.15, -0.1) is 0 Å². The zero-order valence-electron chi connectivity index (χ0n) is 31.5. The summed E-state index contributed by atoms with van der Waals surface area (Å²) in [6.45, 7) is 2.07. The molecular formula is C39H56FN6O7P. The van der Waals surface area contributed by atoms with Crippen LogP contribution in [0.2, 0.25) is 0 Å². The molecule has 1 saturated heterocycles. The number of nitrogens with zero attached hydrogens (tertiary/aromatic N) is 5. The monoisotopic (exact) mass is 770 g/mol. The highest BCUT2D eigenvalue weighted by Crippen LogP contribution is 2.46. The molecule has 13 nitrogen and oxygen atoms in total. The van der Waals surface area contributed by atoms with Gasteiger partial charge in [-0.05, 0) is 55.2 Å². The summed E-state index contributed by atoms with van der Waals surface area (Å²) in [5.74, 6) is -0.314. The molecule has 3 heterocycles. The molecule has 0 spiro atoms. The predicted octanol–water partition coefficient (Wildman–Crippen LogP) is 8.44. The molecule has 0 amide bonds. The van der Waals surface area contributed by atoms with Crippen molar-refractivity contribution in [3.05, 3.63) is 59.3 Å². The van der Waals surface area contributed by atoms with Crippen molar-refractivity contribution in [3.63, 3.8) is 0 Å². The van der Waals surface area contributed by atoms with Crippen molar-refractivity contribution in [1.29, 1.82) is 10.5 Å². The minimum absolute atomic E-state index is 0.0641. The first-order valence-corrected chi connectivity index (χ1v) is 20.9. The van der Waals surface area contributed by atoms with Crippen molar-refractivity contribution in [3.8, 4) is 12.1 Å². The van der Waals surface area contributed by atoms with Gasteiger partial charge in [0.1, 0.15) is 29.8 Å². The highest BCUT2D eigenvalue weighted by atomic mass is 31.2. The van der Waals surface area contributed by atoms with Gasteiger partial charge in [-0.1, -0.05) is 90.4 Å². The first-order valence-electron chi connectivity index (χ1n) is 19.4. The Balaban J connectivity index is 1.19. The Morgan fingerprint density at radius 3 is 2.37 bits per heavy atom. The van der Waals surface area contributed by atoms with E-state index in [0.29, 0.717) is 36.2 Å². The van der Waals surface area contributed by atoms with Crippen LogP contribution in [-0.4, -0.2) is 58.1 Å². The standard InChI is InChI=1S/C39H56FN6O7P/c1-2-3-4-5-6-7-8-9-10-11-12-13-14-15-20-49-26-35(50-25-32-21-31(24-41)22-33(40)23-32)28-52-54(47,48)51-27-34-18-19-39(29-42,53-34)37-17-16-36-38(43)44-30-45-46(36)37/h16-17,21-23,30,34-35H,2-15,18-20,25-28H2,1H3,(H,47,48)(H2,43,44,45)/t34-,35+,39-/m0/s1. The first kappa shape index (κ1) is 43.3. The summed E-state index contributed by atoms with van der Waals surface area (Å²) in [7, 11) is -4.59.